The molecule has 0 saturated carbocycles. The number of primary amides is 1. The summed E-state index contributed by atoms with van der Waals surface area (Å²) in [6.45, 7) is 3.22. The largest absolute Gasteiger partial charge is 0.380 e. The van der Waals surface area contributed by atoms with E-state index in [4.69, 9.17) is 10.5 Å². The summed E-state index contributed by atoms with van der Waals surface area (Å²) in [6.07, 6.45) is 4.73. The molecule has 0 aromatic carbocycles. The van der Waals surface area contributed by atoms with E-state index < -0.39 is 11.5 Å². The van der Waals surface area contributed by atoms with Crippen LogP contribution in [0.2, 0.25) is 0 Å². The molecule has 0 spiro atoms. The fourth-order valence-electron chi connectivity index (χ4n) is 2.59. The van der Waals surface area contributed by atoms with E-state index >= 15 is 0 Å². The van der Waals surface area contributed by atoms with E-state index in [0.29, 0.717) is 18.9 Å². The van der Waals surface area contributed by atoms with Crippen molar-refractivity contribution in [1.29, 1.82) is 0 Å². The Hall–Kier alpha value is -0.650. The fraction of sp³-hybridized carbons (Fsp3) is 0.917. The van der Waals surface area contributed by atoms with E-state index in [1.54, 1.807) is 0 Å². The van der Waals surface area contributed by atoms with E-state index in [9.17, 15) is 9.90 Å². The third-order valence-electron chi connectivity index (χ3n) is 3.88. The van der Waals surface area contributed by atoms with E-state index in [1.165, 1.54) is 6.42 Å². The van der Waals surface area contributed by atoms with Gasteiger partial charge in [0, 0.05) is 26.2 Å². The molecular weight excluding hydrogens is 220 g/mol. The maximum Gasteiger partial charge on any atom is 0.249 e. The van der Waals surface area contributed by atoms with Crippen LogP contribution in [0.4, 0.5) is 0 Å². The molecule has 1 unspecified atom stereocenters. The number of carbonyl (C=O) groups excluding carboxylic acids is 1. The lowest BCUT2D eigenvalue weighted by molar-refractivity contribution is -0.141. The zero-order chi connectivity index (χ0) is 12.3. The molecule has 2 fully saturated rings. The Morgan fingerprint density at radius 2 is 2.12 bits per heavy atom. The lowest BCUT2D eigenvalue weighted by Gasteiger charge is -2.38. The Bertz CT molecular complexity index is 269. The Balaban J connectivity index is 1.77. The van der Waals surface area contributed by atoms with Crippen LogP contribution in [-0.2, 0) is 9.53 Å². The average Bonchev–Trinajstić information content (AvgIpc) is 2.33. The molecule has 0 aromatic rings. The molecule has 0 aliphatic carbocycles. The number of nitrogens with zero attached hydrogens (tertiary/aromatic N) is 1. The summed E-state index contributed by atoms with van der Waals surface area (Å²) in [5.74, 6) is -0.592. The Morgan fingerprint density at radius 1 is 1.41 bits per heavy atom. The van der Waals surface area contributed by atoms with Gasteiger partial charge in [-0.1, -0.05) is 0 Å². The quantitative estimate of drug-likeness (QED) is 0.722. The van der Waals surface area contributed by atoms with Crippen LogP contribution in [0.5, 0.6) is 0 Å². The standard InChI is InChI=1S/C12H22N2O3/c13-11(15)12(16)4-6-14(7-5-12)9-10-3-1-2-8-17-10/h10,16H,1-9H2,(H2,13,15). The molecule has 0 aromatic heterocycles. The van der Waals surface area contributed by atoms with Crippen LogP contribution in [-0.4, -0.2) is 53.9 Å². The molecule has 5 nitrogen and oxygen atoms in total. The summed E-state index contributed by atoms with van der Waals surface area (Å²) in [6, 6.07) is 0. The first kappa shape index (κ1) is 12.8. The number of nitrogens with two attached hydrogens (primary N) is 1. The van der Waals surface area contributed by atoms with Crippen molar-refractivity contribution in [3.63, 3.8) is 0 Å². The molecule has 2 heterocycles. The normalized spacial score (nSPS) is 30.1. The van der Waals surface area contributed by atoms with Crippen LogP contribution in [0.25, 0.3) is 0 Å². The number of ether oxygens (including phenoxy) is 1. The topological polar surface area (TPSA) is 75.8 Å². The fourth-order valence-corrected chi connectivity index (χ4v) is 2.59. The monoisotopic (exact) mass is 242 g/mol. The zero-order valence-corrected chi connectivity index (χ0v) is 10.2. The van der Waals surface area contributed by atoms with Crippen molar-refractivity contribution in [2.75, 3.05) is 26.2 Å². The molecule has 1 atom stereocenters. The predicted molar refractivity (Wildman–Crippen MR) is 63.4 cm³/mol. The van der Waals surface area contributed by atoms with Gasteiger partial charge in [-0.2, -0.15) is 0 Å². The molecule has 0 bridgehead atoms. The number of likely N-dealkylation sites (tertiary alicyclic amines) is 1. The van der Waals surface area contributed by atoms with Crippen LogP contribution in [0.15, 0.2) is 0 Å². The first-order chi connectivity index (χ1) is 8.10. The van der Waals surface area contributed by atoms with Gasteiger partial charge in [-0.05, 0) is 32.1 Å². The number of piperidine rings is 1. The summed E-state index contributed by atoms with van der Waals surface area (Å²) in [7, 11) is 0. The molecular formula is C12H22N2O3. The van der Waals surface area contributed by atoms with Crippen LogP contribution in [0.1, 0.15) is 32.1 Å². The highest BCUT2D eigenvalue weighted by molar-refractivity contribution is 5.83. The highest BCUT2D eigenvalue weighted by Crippen LogP contribution is 2.23. The lowest BCUT2D eigenvalue weighted by Crippen LogP contribution is -2.53. The molecule has 2 aliphatic rings. The molecule has 98 valence electrons. The predicted octanol–water partition coefficient (Wildman–Crippen LogP) is -0.132. The average molecular weight is 242 g/mol. The lowest BCUT2D eigenvalue weighted by atomic mass is 9.90. The summed E-state index contributed by atoms with van der Waals surface area (Å²) in [4.78, 5) is 13.4. The molecule has 3 N–H and O–H groups in total. The molecule has 2 rings (SSSR count). The first-order valence-corrected chi connectivity index (χ1v) is 6.46. The smallest absolute Gasteiger partial charge is 0.249 e. The van der Waals surface area contributed by atoms with E-state index in [0.717, 1.165) is 39.1 Å². The summed E-state index contributed by atoms with van der Waals surface area (Å²) in [5, 5.41) is 9.94. The molecule has 0 radical (unpaired) electrons. The third kappa shape index (κ3) is 3.18. The van der Waals surface area contributed by atoms with E-state index in [2.05, 4.69) is 4.90 Å². The van der Waals surface area contributed by atoms with Gasteiger partial charge in [0.25, 0.3) is 0 Å². The molecule has 2 saturated heterocycles. The molecule has 5 heteroatoms. The minimum Gasteiger partial charge on any atom is -0.380 e. The SMILES string of the molecule is NC(=O)C1(O)CCN(CC2CCCCO2)CC1. The van der Waals surface area contributed by atoms with Crippen molar-refractivity contribution in [1.82, 2.24) is 4.90 Å². The van der Waals surface area contributed by atoms with Crippen LogP contribution < -0.4 is 5.73 Å². The van der Waals surface area contributed by atoms with Crippen molar-refractivity contribution < 1.29 is 14.6 Å². The van der Waals surface area contributed by atoms with Crippen molar-refractivity contribution >= 4 is 5.91 Å². The second-order valence-corrected chi connectivity index (χ2v) is 5.19. The Morgan fingerprint density at radius 3 is 2.65 bits per heavy atom. The van der Waals surface area contributed by atoms with Gasteiger partial charge >= 0.3 is 0 Å². The van der Waals surface area contributed by atoms with Gasteiger partial charge in [-0.15, -0.1) is 0 Å². The number of hydrogen-bond donors (Lipinski definition) is 2. The van der Waals surface area contributed by atoms with Crippen LogP contribution >= 0.6 is 0 Å². The zero-order valence-electron chi connectivity index (χ0n) is 10.2. The summed E-state index contributed by atoms with van der Waals surface area (Å²) >= 11 is 0. The first-order valence-electron chi connectivity index (χ1n) is 6.46. The van der Waals surface area contributed by atoms with Gasteiger partial charge in [-0.3, -0.25) is 4.79 Å². The highest BCUT2D eigenvalue weighted by atomic mass is 16.5. The van der Waals surface area contributed by atoms with Gasteiger partial charge in [0.05, 0.1) is 6.10 Å². The van der Waals surface area contributed by atoms with Crippen LogP contribution in [0, 0.1) is 0 Å². The molecule has 2 aliphatic heterocycles. The number of carbonyl (C=O) groups is 1. The van der Waals surface area contributed by atoms with Gasteiger partial charge in [0.15, 0.2) is 0 Å². The summed E-state index contributed by atoms with van der Waals surface area (Å²) in [5.41, 5.74) is 3.91. The van der Waals surface area contributed by atoms with Crippen molar-refractivity contribution in [2.24, 2.45) is 5.73 Å². The van der Waals surface area contributed by atoms with Crippen molar-refractivity contribution in [3.8, 4) is 0 Å². The second-order valence-electron chi connectivity index (χ2n) is 5.19. The van der Waals surface area contributed by atoms with E-state index in [-0.39, 0.29) is 0 Å². The van der Waals surface area contributed by atoms with Crippen molar-refractivity contribution in [3.05, 3.63) is 0 Å². The molecule has 17 heavy (non-hydrogen) atoms. The highest BCUT2D eigenvalue weighted by Gasteiger charge is 2.38. The minimum absolute atomic E-state index is 0.323. The van der Waals surface area contributed by atoms with Gasteiger partial charge in [0.2, 0.25) is 5.91 Å². The minimum atomic E-state index is -1.29. The van der Waals surface area contributed by atoms with E-state index in [1.807, 2.05) is 0 Å². The maximum absolute atomic E-state index is 11.1. The van der Waals surface area contributed by atoms with Crippen molar-refractivity contribution in [2.45, 2.75) is 43.8 Å². The maximum atomic E-state index is 11.1. The van der Waals surface area contributed by atoms with Gasteiger partial charge in [0.1, 0.15) is 5.60 Å². The number of aliphatic hydroxyl groups is 1. The third-order valence-corrected chi connectivity index (χ3v) is 3.88. The van der Waals surface area contributed by atoms with Crippen LogP contribution in [0.3, 0.4) is 0 Å². The number of hydrogen-bond acceptors (Lipinski definition) is 4. The number of amides is 1. The summed E-state index contributed by atoms with van der Waals surface area (Å²) < 4.78 is 5.68. The Labute approximate surface area is 102 Å². The Kier molecular flexibility index (Phi) is 4.01. The van der Waals surface area contributed by atoms with Gasteiger partial charge in [-0.25, -0.2) is 0 Å². The number of rotatable bonds is 3. The molecule has 1 amide bonds. The second kappa shape index (κ2) is 5.33. The van der Waals surface area contributed by atoms with Gasteiger partial charge < -0.3 is 20.5 Å².